The summed E-state index contributed by atoms with van der Waals surface area (Å²) in [5, 5.41) is 2.39. The molecule has 5 aromatic rings. The highest BCUT2D eigenvalue weighted by atomic mass is 32.1. The first-order valence-corrected chi connectivity index (χ1v) is 23.0. The zero-order valence-electron chi connectivity index (χ0n) is 25.6. The highest BCUT2D eigenvalue weighted by molar-refractivity contribution is 7.31. The van der Waals surface area contributed by atoms with Crippen molar-refractivity contribution in [2.24, 2.45) is 0 Å². The molecule has 0 aliphatic rings. The zero-order chi connectivity index (χ0) is 30.4. The first-order valence-electron chi connectivity index (χ1n) is 14.4. The van der Waals surface area contributed by atoms with E-state index in [1.165, 1.54) is 29.2 Å². The van der Waals surface area contributed by atoms with Crippen LogP contribution in [0.4, 0.5) is 0 Å². The number of hydrogen-bond donors (Lipinski definition) is 0. The fraction of sp³-hybridized carbons (Fsp3) is 0.294. The first kappa shape index (κ1) is 30.4. The van der Waals surface area contributed by atoms with Crippen LogP contribution in [-0.2, 0) is 9.47 Å². The van der Waals surface area contributed by atoms with Crippen molar-refractivity contribution in [3.8, 4) is 22.3 Å². The quantitative estimate of drug-likeness (QED) is 0.127. The van der Waals surface area contributed by atoms with E-state index in [0.29, 0.717) is 22.3 Å². The van der Waals surface area contributed by atoms with Gasteiger partial charge in [0, 0.05) is 9.40 Å². The number of thiophene rings is 2. The van der Waals surface area contributed by atoms with E-state index < -0.39 is 28.1 Å². The maximum absolute atomic E-state index is 13.4. The lowest BCUT2D eigenvalue weighted by Crippen LogP contribution is -2.34. The van der Waals surface area contributed by atoms with Gasteiger partial charge in [0.2, 0.25) is 0 Å². The Hall–Kier alpha value is -3.05. The van der Waals surface area contributed by atoms with Crippen LogP contribution in [0, 0.1) is 0 Å². The molecule has 2 heterocycles. The SMILES string of the molecule is CCOC(=O)c1cc(-c2ccc3cc([Si](C)(C)C)sc3c2)c(C(=O)OCC)cc1-c1ccc2cc([Si](C)(C)C)sc2c1. The van der Waals surface area contributed by atoms with Crippen LogP contribution in [-0.4, -0.2) is 41.3 Å². The highest BCUT2D eigenvalue weighted by Gasteiger charge is 2.25. The van der Waals surface area contributed by atoms with Gasteiger partial charge in [-0.25, -0.2) is 9.59 Å². The van der Waals surface area contributed by atoms with Gasteiger partial charge < -0.3 is 9.47 Å². The molecule has 0 amide bonds. The minimum Gasteiger partial charge on any atom is -0.462 e. The van der Waals surface area contributed by atoms with E-state index in [-0.39, 0.29) is 13.2 Å². The largest absolute Gasteiger partial charge is 0.462 e. The minimum absolute atomic E-state index is 0.261. The van der Waals surface area contributed by atoms with Crippen LogP contribution in [0.3, 0.4) is 0 Å². The molecule has 0 N–H and O–H groups in total. The lowest BCUT2D eigenvalue weighted by atomic mass is 9.90. The van der Waals surface area contributed by atoms with Gasteiger partial charge in [0.05, 0.1) is 40.5 Å². The average molecular weight is 631 g/mol. The van der Waals surface area contributed by atoms with Gasteiger partial charge in [0.25, 0.3) is 0 Å². The van der Waals surface area contributed by atoms with Crippen molar-refractivity contribution in [1.82, 2.24) is 0 Å². The topological polar surface area (TPSA) is 52.6 Å². The summed E-state index contributed by atoms with van der Waals surface area (Å²) in [5.41, 5.74) is 3.97. The lowest BCUT2D eigenvalue weighted by molar-refractivity contribution is 0.0513. The summed E-state index contributed by atoms with van der Waals surface area (Å²) in [6, 6.07) is 20.8. The molecule has 0 fully saturated rings. The third kappa shape index (κ3) is 6.04. The van der Waals surface area contributed by atoms with Gasteiger partial charge in [-0.3, -0.25) is 0 Å². The van der Waals surface area contributed by atoms with Crippen molar-refractivity contribution >= 4 is 79.9 Å². The van der Waals surface area contributed by atoms with Gasteiger partial charge in [0.15, 0.2) is 0 Å². The van der Waals surface area contributed by atoms with Crippen LogP contribution in [0.15, 0.2) is 60.7 Å². The number of carbonyl (C=O) groups is 2. The summed E-state index contributed by atoms with van der Waals surface area (Å²) in [4.78, 5) is 26.9. The molecule has 0 aliphatic heterocycles. The lowest BCUT2D eigenvalue weighted by Gasteiger charge is -2.16. The highest BCUT2D eigenvalue weighted by Crippen LogP contribution is 2.37. The molecule has 0 spiro atoms. The molecule has 3 aromatic carbocycles. The van der Waals surface area contributed by atoms with Crippen LogP contribution >= 0.6 is 22.7 Å². The summed E-state index contributed by atoms with van der Waals surface area (Å²) in [7, 11) is -2.95. The smallest absolute Gasteiger partial charge is 0.338 e. The summed E-state index contributed by atoms with van der Waals surface area (Å²) in [6.45, 7) is 18.2. The molecule has 0 aliphatic carbocycles. The number of rotatable bonds is 8. The van der Waals surface area contributed by atoms with Crippen molar-refractivity contribution in [3.63, 3.8) is 0 Å². The van der Waals surface area contributed by atoms with Crippen LogP contribution in [0.1, 0.15) is 34.6 Å². The molecular formula is C34H38O4S2Si2. The van der Waals surface area contributed by atoms with Crippen LogP contribution in [0.5, 0.6) is 0 Å². The Morgan fingerprint density at radius 1 is 0.595 bits per heavy atom. The number of carbonyl (C=O) groups excluding carboxylic acids is 2. The number of ether oxygens (including phenoxy) is 2. The molecule has 4 nitrogen and oxygen atoms in total. The molecule has 2 aromatic heterocycles. The molecule has 0 bridgehead atoms. The Labute approximate surface area is 258 Å². The van der Waals surface area contributed by atoms with Crippen LogP contribution in [0.2, 0.25) is 39.3 Å². The Kier molecular flexibility index (Phi) is 8.37. The second-order valence-corrected chi connectivity index (χ2v) is 25.6. The van der Waals surface area contributed by atoms with E-state index in [0.717, 1.165) is 11.1 Å². The van der Waals surface area contributed by atoms with E-state index in [4.69, 9.17) is 9.47 Å². The Morgan fingerprint density at radius 3 is 1.31 bits per heavy atom. The molecule has 5 rings (SSSR count). The fourth-order valence-electron chi connectivity index (χ4n) is 4.97. The predicted octanol–water partition coefficient (Wildman–Crippen LogP) is 8.89. The first-order chi connectivity index (χ1) is 19.8. The molecule has 42 heavy (non-hydrogen) atoms. The summed E-state index contributed by atoms with van der Waals surface area (Å²) in [6.07, 6.45) is 0. The monoisotopic (exact) mass is 630 g/mol. The average Bonchev–Trinajstić information content (AvgIpc) is 3.56. The minimum atomic E-state index is -1.47. The summed E-state index contributed by atoms with van der Waals surface area (Å²) in [5.74, 6) is -0.812. The fourth-order valence-corrected chi connectivity index (χ4v) is 11.0. The van der Waals surface area contributed by atoms with Crippen molar-refractivity contribution in [2.75, 3.05) is 13.2 Å². The number of hydrogen-bond acceptors (Lipinski definition) is 6. The molecule has 0 saturated heterocycles. The standard InChI is InChI=1S/C34H38O4S2Si2/c1-9-37-33(35)27-19-26(22-12-14-24-18-32(42(6,7)8)40-30(24)16-22)28(34(36)38-10-2)20-25(27)21-11-13-23-17-31(41(3,4)5)39-29(23)15-21/h11-20H,9-10H2,1-8H3. The Bertz CT molecular complexity index is 1690. The van der Waals surface area contributed by atoms with E-state index in [1.54, 1.807) is 0 Å². The maximum Gasteiger partial charge on any atom is 0.338 e. The van der Waals surface area contributed by atoms with E-state index in [1.807, 2.05) is 60.8 Å². The van der Waals surface area contributed by atoms with Crippen molar-refractivity contribution in [1.29, 1.82) is 0 Å². The van der Waals surface area contributed by atoms with Crippen LogP contribution in [0.25, 0.3) is 42.4 Å². The summed E-state index contributed by atoms with van der Waals surface area (Å²) < 4.78 is 16.3. The van der Waals surface area contributed by atoms with Crippen LogP contribution < -0.4 is 9.00 Å². The van der Waals surface area contributed by atoms with E-state index in [9.17, 15) is 9.59 Å². The molecular weight excluding hydrogens is 593 g/mol. The molecule has 218 valence electrons. The third-order valence-electron chi connectivity index (χ3n) is 7.29. The predicted molar refractivity (Wildman–Crippen MR) is 186 cm³/mol. The van der Waals surface area contributed by atoms with Gasteiger partial charge in [-0.2, -0.15) is 0 Å². The van der Waals surface area contributed by atoms with E-state index >= 15 is 0 Å². The van der Waals surface area contributed by atoms with Gasteiger partial charge in [-0.1, -0.05) is 63.5 Å². The normalized spacial score (nSPS) is 12.2. The molecule has 0 radical (unpaired) electrons. The number of esters is 2. The molecule has 0 unspecified atom stereocenters. The Balaban J connectivity index is 1.73. The Morgan fingerprint density at radius 2 is 0.976 bits per heavy atom. The van der Waals surface area contributed by atoms with Gasteiger partial charge >= 0.3 is 11.9 Å². The van der Waals surface area contributed by atoms with Gasteiger partial charge in [0.1, 0.15) is 0 Å². The van der Waals surface area contributed by atoms with Crippen molar-refractivity contribution < 1.29 is 19.1 Å². The second-order valence-electron chi connectivity index (χ2n) is 12.6. The van der Waals surface area contributed by atoms with E-state index in [2.05, 4.69) is 75.7 Å². The van der Waals surface area contributed by atoms with Crippen molar-refractivity contribution in [2.45, 2.75) is 53.1 Å². The number of benzene rings is 3. The zero-order valence-corrected chi connectivity index (χ0v) is 29.3. The molecule has 0 saturated carbocycles. The summed E-state index contributed by atoms with van der Waals surface area (Å²) >= 11 is 3.64. The molecule has 0 atom stereocenters. The van der Waals surface area contributed by atoms with Gasteiger partial charge in [-0.05, 0) is 92.3 Å². The maximum atomic E-state index is 13.4. The molecule has 8 heteroatoms. The van der Waals surface area contributed by atoms with Gasteiger partial charge in [-0.15, -0.1) is 22.7 Å². The number of fused-ring (bicyclic) bond motifs is 2. The second kappa shape index (κ2) is 11.6. The third-order valence-corrected chi connectivity index (χ3v) is 16.6. The van der Waals surface area contributed by atoms with Crippen molar-refractivity contribution in [3.05, 3.63) is 71.8 Å².